The van der Waals surface area contributed by atoms with Crippen molar-refractivity contribution in [2.24, 2.45) is 0 Å². The molecule has 1 N–H and O–H groups in total. The van der Waals surface area contributed by atoms with Crippen molar-refractivity contribution in [3.8, 4) is 0 Å². The first-order valence-electron chi connectivity index (χ1n) is 5.38. The third-order valence-electron chi connectivity index (χ3n) is 2.31. The SMILES string of the molecule is C=C/C=C(\CC)N(C)CCCCS(=O)(=O)O. The van der Waals surface area contributed by atoms with Crippen LogP contribution in [0.15, 0.2) is 24.4 Å². The van der Waals surface area contributed by atoms with Gasteiger partial charge in [-0.1, -0.05) is 19.6 Å². The molecule has 0 saturated heterocycles. The molecule has 0 radical (unpaired) electrons. The summed E-state index contributed by atoms with van der Waals surface area (Å²) in [7, 11) is -1.84. The average Bonchev–Trinajstić information content (AvgIpc) is 2.19. The Hall–Kier alpha value is -0.810. The summed E-state index contributed by atoms with van der Waals surface area (Å²) in [6, 6.07) is 0. The minimum Gasteiger partial charge on any atom is -0.378 e. The molecule has 0 aromatic carbocycles. The predicted molar refractivity (Wildman–Crippen MR) is 66.9 cm³/mol. The maximum atomic E-state index is 10.5. The van der Waals surface area contributed by atoms with Gasteiger partial charge in [-0.3, -0.25) is 4.55 Å². The van der Waals surface area contributed by atoms with E-state index < -0.39 is 10.1 Å². The molecule has 0 unspecified atom stereocenters. The second-order valence-electron chi connectivity index (χ2n) is 3.66. The number of hydrogen-bond acceptors (Lipinski definition) is 3. The second-order valence-corrected chi connectivity index (χ2v) is 5.23. The van der Waals surface area contributed by atoms with Crippen molar-refractivity contribution >= 4 is 10.1 Å². The molecule has 5 heteroatoms. The van der Waals surface area contributed by atoms with Crippen LogP contribution < -0.4 is 0 Å². The Bertz CT molecular complexity index is 333. The normalized spacial score (nSPS) is 12.6. The van der Waals surface area contributed by atoms with Crippen LogP contribution in [-0.2, 0) is 10.1 Å². The number of unbranched alkanes of at least 4 members (excludes halogenated alkanes) is 1. The van der Waals surface area contributed by atoms with E-state index in [1.54, 1.807) is 6.08 Å². The maximum Gasteiger partial charge on any atom is 0.264 e. The standard InChI is InChI=1S/C11H21NO3S/c1-4-8-11(5-2)12(3)9-6-7-10-16(13,14)15/h4,8H,1,5-7,9-10H2,2-3H3,(H,13,14,15)/b11-8+. The quantitative estimate of drug-likeness (QED) is 0.405. The Morgan fingerprint density at radius 3 is 2.50 bits per heavy atom. The van der Waals surface area contributed by atoms with Crippen molar-refractivity contribution in [2.75, 3.05) is 19.3 Å². The minimum absolute atomic E-state index is 0.159. The van der Waals surface area contributed by atoms with Crippen molar-refractivity contribution in [2.45, 2.75) is 26.2 Å². The van der Waals surface area contributed by atoms with E-state index in [0.717, 1.165) is 19.4 Å². The van der Waals surface area contributed by atoms with E-state index in [9.17, 15) is 8.42 Å². The Morgan fingerprint density at radius 1 is 1.44 bits per heavy atom. The lowest BCUT2D eigenvalue weighted by Crippen LogP contribution is -2.19. The number of nitrogens with zero attached hydrogens (tertiary/aromatic N) is 1. The first-order valence-corrected chi connectivity index (χ1v) is 6.99. The fraction of sp³-hybridized carbons (Fsp3) is 0.636. The van der Waals surface area contributed by atoms with Crippen molar-refractivity contribution in [1.82, 2.24) is 4.90 Å². The fourth-order valence-corrected chi connectivity index (χ4v) is 2.00. The Kier molecular flexibility index (Phi) is 7.08. The summed E-state index contributed by atoms with van der Waals surface area (Å²) in [5, 5.41) is 0. The second kappa shape index (κ2) is 7.46. The molecule has 0 saturated carbocycles. The van der Waals surface area contributed by atoms with Gasteiger partial charge in [0.05, 0.1) is 5.75 Å². The molecule has 0 spiro atoms. The number of rotatable bonds is 8. The molecule has 0 bridgehead atoms. The van der Waals surface area contributed by atoms with E-state index in [1.165, 1.54) is 5.70 Å². The van der Waals surface area contributed by atoms with Crippen molar-refractivity contribution in [3.63, 3.8) is 0 Å². The lowest BCUT2D eigenvalue weighted by Gasteiger charge is -2.21. The molecule has 0 aromatic heterocycles. The highest BCUT2D eigenvalue weighted by Gasteiger charge is 2.05. The first-order chi connectivity index (χ1) is 7.40. The van der Waals surface area contributed by atoms with Gasteiger partial charge >= 0.3 is 0 Å². The highest BCUT2D eigenvalue weighted by Crippen LogP contribution is 2.08. The van der Waals surface area contributed by atoms with Gasteiger partial charge in [-0.05, 0) is 25.3 Å². The highest BCUT2D eigenvalue weighted by atomic mass is 32.2. The summed E-state index contributed by atoms with van der Waals surface area (Å²) < 4.78 is 29.5. The smallest absolute Gasteiger partial charge is 0.264 e. The van der Waals surface area contributed by atoms with Gasteiger partial charge in [-0.2, -0.15) is 8.42 Å². The molecule has 4 nitrogen and oxygen atoms in total. The molecule has 94 valence electrons. The molecule has 0 fully saturated rings. The largest absolute Gasteiger partial charge is 0.378 e. The summed E-state index contributed by atoms with van der Waals surface area (Å²) in [5.74, 6) is -0.159. The molecule has 0 aliphatic carbocycles. The van der Waals surface area contributed by atoms with Crippen molar-refractivity contribution in [3.05, 3.63) is 24.4 Å². The van der Waals surface area contributed by atoms with Gasteiger partial charge in [0.2, 0.25) is 0 Å². The molecule has 0 rings (SSSR count). The van der Waals surface area contributed by atoms with Gasteiger partial charge in [0.25, 0.3) is 10.1 Å². The third-order valence-corrected chi connectivity index (χ3v) is 3.11. The molecule has 0 heterocycles. The van der Waals surface area contributed by atoms with Gasteiger partial charge in [0, 0.05) is 19.3 Å². The fourth-order valence-electron chi connectivity index (χ4n) is 1.43. The Morgan fingerprint density at radius 2 is 2.06 bits per heavy atom. The van der Waals surface area contributed by atoms with Gasteiger partial charge in [-0.25, -0.2) is 0 Å². The monoisotopic (exact) mass is 247 g/mol. The zero-order chi connectivity index (χ0) is 12.6. The van der Waals surface area contributed by atoms with Crippen LogP contribution in [0.5, 0.6) is 0 Å². The molecule has 0 aliphatic heterocycles. The van der Waals surface area contributed by atoms with Crippen LogP contribution in [0.2, 0.25) is 0 Å². The first kappa shape index (κ1) is 15.2. The average molecular weight is 247 g/mol. The van der Waals surface area contributed by atoms with Crippen LogP contribution >= 0.6 is 0 Å². The summed E-state index contributed by atoms with van der Waals surface area (Å²) in [6.07, 6.45) is 5.83. The van der Waals surface area contributed by atoms with Gasteiger partial charge in [0.15, 0.2) is 0 Å². The molecule has 0 amide bonds. The Labute approximate surface area is 98.4 Å². The zero-order valence-corrected chi connectivity index (χ0v) is 10.8. The van der Waals surface area contributed by atoms with E-state index in [0.29, 0.717) is 6.42 Å². The van der Waals surface area contributed by atoms with Crippen LogP contribution in [0.25, 0.3) is 0 Å². The van der Waals surface area contributed by atoms with Crippen LogP contribution in [0.3, 0.4) is 0 Å². The lowest BCUT2D eigenvalue weighted by atomic mass is 10.2. The molecular formula is C11H21NO3S. The van der Waals surface area contributed by atoms with E-state index in [4.69, 9.17) is 4.55 Å². The lowest BCUT2D eigenvalue weighted by molar-refractivity contribution is 0.393. The van der Waals surface area contributed by atoms with Crippen LogP contribution in [0, 0.1) is 0 Å². The summed E-state index contributed by atoms with van der Waals surface area (Å²) >= 11 is 0. The van der Waals surface area contributed by atoms with E-state index in [2.05, 4.69) is 18.4 Å². The van der Waals surface area contributed by atoms with Crippen LogP contribution in [0.1, 0.15) is 26.2 Å². The van der Waals surface area contributed by atoms with E-state index in [-0.39, 0.29) is 5.75 Å². The van der Waals surface area contributed by atoms with Gasteiger partial charge < -0.3 is 4.90 Å². The minimum atomic E-state index is -3.81. The highest BCUT2D eigenvalue weighted by molar-refractivity contribution is 7.85. The van der Waals surface area contributed by atoms with Crippen LogP contribution in [-0.4, -0.2) is 37.2 Å². The molecular weight excluding hydrogens is 226 g/mol. The maximum absolute atomic E-state index is 10.5. The Balaban J connectivity index is 3.93. The summed E-state index contributed by atoms with van der Waals surface area (Å²) in [6.45, 7) is 6.48. The summed E-state index contributed by atoms with van der Waals surface area (Å²) in [4.78, 5) is 2.08. The van der Waals surface area contributed by atoms with E-state index >= 15 is 0 Å². The number of allylic oxidation sites excluding steroid dienone is 3. The van der Waals surface area contributed by atoms with Crippen molar-refractivity contribution < 1.29 is 13.0 Å². The summed E-state index contributed by atoms with van der Waals surface area (Å²) in [5.41, 5.74) is 1.17. The topological polar surface area (TPSA) is 57.6 Å². The van der Waals surface area contributed by atoms with Crippen LogP contribution in [0.4, 0.5) is 0 Å². The third kappa shape index (κ3) is 7.48. The molecule has 0 atom stereocenters. The van der Waals surface area contributed by atoms with Crippen molar-refractivity contribution in [1.29, 1.82) is 0 Å². The zero-order valence-electron chi connectivity index (χ0n) is 10.0. The molecule has 0 aliphatic rings. The molecule has 16 heavy (non-hydrogen) atoms. The predicted octanol–water partition coefficient (Wildman–Crippen LogP) is 2.07. The van der Waals surface area contributed by atoms with Gasteiger partial charge in [-0.15, -0.1) is 0 Å². The number of hydrogen-bond donors (Lipinski definition) is 1. The molecule has 0 aromatic rings. The van der Waals surface area contributed by atoms with E-state index in [1.807, 2.05) is 13.1 Å². The van der Waals surface area contributed by atoms with Gasteiger partial charge in [0.1, 0.15) is 0 Å².